The number of rotatable bonds is 12. The van der Waals surface area contributed by atoms with Crippen LogP contribution in [0.2, 0.25) is 0 Å². The third kappa shape index (κ3) is 8.20. The number of hydrogen-bond acceptors (Lipinski definition) is 4. The molecule has 0 aromatic heterocycles. The largest absolute Gasteiger partial charge is 0.352 e. The van der Waals surface area contributed by atoms with E-state index >= 15 is 0 Å². The molecule has 1 aliphatic rings. The number of anilines is 1. The highest BCUT2D eigenvalue weighted by molar-refractivity contribution is 7.92. The Balaban J connectivity index is 1.56. The lowest BCUT2D eigenvalue weighted by Gasteiger charge is -2.34. The van der Waals surface area contributed by atoms with Crippen LogP contribution in [0.4, 0.5) is 10.1 Å². The molecule has 0 bridgehead atoms. The first-order chi connectivity index (χ1) is 22.1. The van der Waals surface area contributed by atoms with Crippen LogP contribution in [0.5, 0.6) is 0 Å². The van der Waals surface area contributed by atoms with Crippen molar-refractivity contribution in [3.05, 3.63) is 131 Å². The minimum atomic E-state index is -4.30. The maximum absolute atomic E-state index is 14.6. The Morgan fingerprint density at radius 2 is 1.48 bits per heavy atom. The third-order valence-electron chi connectivity index (χ3n) is 8.41. The zero-order valence-corrected chi connectivity index (χ0v) is 27.0. The second-order valence-electron chi connectivity index (χ2n) is 12.0. The van der Waals surface area contributed by atoms with Gasteiger partial charge in [0.25, 0.3) is 10.0 Å². The maximum atomic E-state index is 14.6. The number of sulfonamides is 1. The van der Waals surface area contributed by atoms with E-state index in [1.807, 2.05) is 68.4 Å². The highest BCUT2D eigenvalue weighted by atomic mass is 32.2. The van der Waals surface area contributed by atoms with Crippen molar-refractivity contribution in [2.45, 2.75) is 69.5 Å². The van der Waals surface area contributed by atoms with Gasteiger partial charge in [0.05, 0.1) is 10.6 Å². The van der Waals surface area contributed by atoms with Gasteiger partial charge in [-0.1, -0.05) is 90.7 Å². The van der Waals surface area contributed by atoms with E-state index in [0.29, 0.717) is 0 Å². The van der Waals surface area contributed by atoms with Crippen molar-refractivity contribution >= 4 is 27.5 Å². The Bertz CT molecular complexity index is 1740. The average Bonchev–Trinajstić information content (AvgIpc) is 3.55. The van der Waals surface area contributed by atoms with Crippen LogP contribution in [0.3, 0.4) is 0 Å². The minimum absolute atomic E-state index is 0.0320. The van der Waals surface area contributed by atoms with E-state index < -0.39 is 34.3 Å². The Labute approximate surface area is 271 Å². The van der Waals surface area contributed by atoms with Gasteiger partial charge < -0.3 is 10.2 Å². The third-order valence-corrected chi connectivity index (χ3v) is 10.2. The van der Waals surface area contributed by atoms with Crippen molar-refractivity contribution in [1.29, 1.82) is 0 Å². The van der Waals surface area contributed by atoms with Gasteiger partial charge in [-0.05, 0) is 74.2 Å². The highest BCUT2D eigenvalue weighted by Gasteiger charge is 2.35. The second kappa shape index (κ2) is 14.7. The summed E-state index contributed by atoms with van der Waals surface area (Å²) in [7, 11) is -4.30. The van der Waals surface area contributed by atoms with Gasteiger partial charge in [-0.25, -0.2) is 12.8 Å². The number of halogens is 1. The van der Waals surface area contributed by atoms with E-state index in [1.54, 1.807) is 24.3 Å². The monoisotopic (exact) mass is 641 g/mol. The molecule has 4 aromatic rings. The predicted octanol–water partition coefficient (Wildman–Crippen LogP) is 6.34. The summed E-state index contributed by atoms with van der Waals surface area (Å²) in [5.74, 6) is -1.37. The second-order valence-corrected chi connectivity index (χ2v) is 13.9. The number of carbonyl (C=O) groups is 2. The summed E-state index contributed by atoms with van der Waals surface area (Å²) in [5, 5.41) is 3.18. The van der Waals surface area contributed by atoms with Gasteiger partial charge in [0.2, 0.25) is 11.8 Å². The van der Waals surface area contributed by atoms with Crippen LogP contribution < -0.4 is 9.62 Å². The fraction of sp³-hybridized carbons (Fsp3) is 0.297. The summed E-state index contributed by atoms with van der Waals surface area (Å²) in [6.45, 7) is 3.39. The number of nitrogens with zero attached hydrogens (tertiary/aromatic N) is 2. The summed E-state index contributed by atoms with van der Waals surface area (Å²) >= 11 is 0. The molecule has 0 heterocycles. The minimum Gasteiger partial charge on any atom is -0.352 e. The number of benzene rings is 4. The normalized spacial score (nSPS) is 14.1. The Hall–Kier alpha value is -4.50. The van der Waals surface area contributed by atoms with E-state index in [-0.39, 0.29) is 35.5 Å². The lowest BCUT2D eigenvalue weighted by atomic mass is 10.0. The SMILES string of the molecule is Cc1ccc(N(CC(=O)N(Cc2cccc(C)c2)C(Cc2ccccc2)C(=O)NC2CCCC2)S(=O)(=O)c2ccc(F)cc2)cc1. The molecule has 240 valence electrons. The van der Waals surface area contributed by atoms with E-state index in [0.717, 1.165) is 64.4 Å². The number of aryl methyl sites for hydroxylation is 2. The molecule has 1 fully saturated rings. The lowest BCUT2D eigenvalue weighted by Crippen LogP contribution is -2.54. The molecule has 0 saturated heterocycles. The quantitative estimate of drug-likeness (QED) is 0.196. The van der Waals surface area contributed by atoms with Crippen molar-refractivity contribution in [2.75, 3.05) is 10.8 Å². The molecule has 0 spiro atoms. The molecule has 2 amide bonds. The molecule has 1 unspecified atom stereocenters. The van der Waals surface area contributed by atoms with Crippen molar-refractivity contribution in [3.63, 3.8) is 0 Å². The van der Waals surface area contributed by atoms with Gasteiger partial charge >= 0.3 is 0 Å². The van der Waals surface area contributed by atoms with Crippen LogP contribution in [0, 0.1) is 19.7 Å². The molecular formula is C37H40FN3O4S. The number of carbonyl (C=O) groups excluding carboxylic acids is 2. The Morgan fingerprint density at radius 3 is 2.13 bits per heavy atom. The molecular weight excluding hydrogens is 601 g/mol. The zero-order chi connectivity index (χ0) is 32.7. The topological polar surface area (TPSA) is 86.8 Å². The van der Waals surface area contributed by atoms with Crippen LogP contribution in [0.1, 0.15) is 47.9 Å². The Kier molecular flexibility index (Phi) is 10.5. The van der Waals surface area contributed by atoms with Crippen LogP contribution >= 0.6 is 0 Å². The van der Waals surface area contributed by atoms with Crippen molar-refractivity contribution in [1.82, 2.24) is 10.2 Å². The molecule has 1 aliphatic carbocycles. The Morgan fingerprint density at radius 1 is 0.826 bits per heavy atom. The van der Waals surface area contributed by atoms with Crippen molar-refractivity contribution in [3.8, 4) is 0 Å². The standard InChI is InChI=1S/C37H40FN3O4S/c1-27-15-19-33(20-16-27)41(46(44,45)34-21-17-31(38)18-22-34)26-36(42)40(25-30-12-8-9-28(2)23-30)35(24-29-10-4-3-5-11-29)37(43)39-32-13-6-7-14-32/h3-5,8-12,15-23,32,35H,6-7,13-14,24-26H2,1-2H3,(H,39,43). The summed E-state index contributed by atoms with van der Waals surface area (Å²) in [6.07, 6.45) is 4.09. The van der Waals surface area contributed by atoms with Crippen LogP contribution in [0.25, 0.3) is 0 Å². The van der Waals surface area contributed by atoms with Crippen LogP contribution in [-0.4, -0.2) is 43.8 Å². The van der Waals surface area contributed by atoms with Crippen LogP contribution in [0.15, 0.2) is 108 Å². The van der Waals surface area contributed by atoms with Crippen molar-refractivity contribution in [2.24, 2.45) is 0 Å². The first-order valence-electron chi connectivity index (χ1n) is 15.6. The summed E-state index contributed by atoms with van der Waals surface area (Å²) in [5.41, 5.74) is 3.91. The molecule has 9 heteroatoms. The predicted molar refractivity (Wildman–Crippen MR) is 178 cm³/mol. The molecule has 1 saturated carbocycles. The van der Waals surface area contributed by atoms with Gasteiger partial charge in [0.15, 0.2) is 0 Å². The van der Waals surface area contributed by atoms with E-state index in [4.69, 9.17) is 0 Å². The first kappa shape index (κ1) is 32.9. The fourth-order valence-corrected chi connectivity index (χ4v) is 7.32. The smallest absolute Gasteiger partial charge is 0.264 e. The molecule has 0 aliphatic heterocycles. The van der Waals surface area contributed by atoms with E-state index in [1.165, 1.54) is 17.0 Å². The van der Waals surface area contributed by atoms with Gasteiger partial charge in [-0.3, -0.25) is 13.9 Å². The van der Waals surface area contributed by atoms with Crippen LogP contribution in [-0.2, 0) is 32.6 Å². The van der Waals surface area contributed by atoms with Gasteiger partial charge in [-0.15, -0.1) is 0 Å². The molecule has 7 nitrogen and oxygen atoms in total. The molecule has 46 heavy (non-hydrogen) atoms. The summed E-state index contributed by atoms with van der Waals surface area (Å²) < 4.78 is 43.0. The van der Waals surface area contributed by atoms with Gasteiger partial charge in [0, 0.05) is 19.0 Å². The van der Waals surface area contributed by atoms with E-state index in [9.17, 15) is 22.4 Å². The summed E-state index contributed by atoms with van der Waals surface area (Å²) in [4.78, 5) is 30.0. The van der Waals surface area contributed by atoms with Gasteiger partial charge in [0.1, 0.15) is 18.4 Å². The molecule has 4 aromatic carbocycles. The summed E-state index contributed by atoms with van der Waals surface area (Å²) in [6, 6.07) is 27.7. The molecule has 1 atom stereocenters. The lowest BCUT2D eigenvalue weighted by molar-refractivity contribution is -0.140. The van der Waals surface area contributed by atoms with Crippen molar-refractivity contribution < 1.29 is 22.4 Å². The average molecular weight is 642 g/mol. The molecule has 1 N–H and O–H groups in total. The number of hydrogen-bond donors (Lipinski definition) is 1. The zero-order valence-electron chi connectivity index (χ0n) is 26.2. The maximum Gasteiger partial charge on any atom is 0.264 e. The molecule has 5 rings (SSSR count). The van der Waals surface area contributed by atoms with E-state index in [2.05, 4.69) is 5.32 Å². The first-order valence-corrected chi connectivity index (χ1v) is 17.1. The number of amides is 2. The fourth-order valence-electron chi connectivity index (χ4n) is 5.90. The highest BCUT2D eigenvalue weighted by Crippen LogP contribution is 2.26. The van der Waals surface area contributed by atoms with Gasteiger partial charge in [-0.2, -0.15) is 0 Å². The number of nitrogens with one attached hydrogen (secondary N) is 1. The molecule has 0 radical (unpaired) electrons.